The van der Waals surface area contributed by atoms with Crippen molar-refractivity contribution in [1.82, 2.24) is 0 Å². The zero-order chi connectivity index (χ0) is 21.8. The molecule has 0 heteroatoms. The second-order valence-electron chi connectivity index (χ2n) is 9.13. The van der Waals surface area contributed by atoms with E-state index in [2.05, 4.69) is 100 Å². The van der Waals surface area contributed by atoms with Crippen LogP contribution < -0.4 is 0 Å². The van der Waals surface area contributed by atoms with Gasteiger partial charge in [0.25, 0.3) is 0 Å². The SMILES string of the molecule is C=C/C=C\CCCCCC1(c2ccc(C)cc2)c2cc(C)ccc2-c2ccc(C)cc21. The maximum absolute atomic E-state index is 3.77. The average Bonchev–Trinajstić information content (AvgIpc) is 3.03. The molecular formula is C31H34. The van der Waals surface area contributed by atoms with E-state index in [1.165, 1.54) is 63.8 Å². The van der Waals surface area contributed by atoms with E-state index in [-0.39, 0.29) is 5.41 Å². The van der Waals surface area contributed by atoms with E-state index in [0.29, 0.717) is 0 Å². The van der Waals surface area contributed by atoms with Gasteiger partial charge in [-0.05, 0) is 67.9 Å². The minimum Gasteiger partial charge on any atom is -0.0991 e. The molecule has 0 aromatic heterocycles. The summed E-state index contributed by atoms with van der Waals surface area (Å²) in [7, 11) is 0. The Kier molecular flexibility index (Phi) is 6.28. The first-order chi connectivity index (χ1) is 15.1. The maximum Gasteiger partial charge on any atom is 0.0463 e. The fourth-order valence-corrected chi connectivity index (χ4v) is 5.22. The number of allylic oxidation sites excluding steroid dienone is 3. The summed E-state index contributed by atoms with van der Waals surface area (Å²) in [6, 6.07) is 23.4. The Hall–Kier alpha value is -2.86. The fraction of sp³-hybridized carbons (Fsp3) is 0.290. The molecule has 158 valence electrons. The Morgan fingerprint density at radius 2 is 1.29 bits per heavy atom. The van der Waals surface area contributed by atoms with Gasteiger partial charge < -0.3 is 0 Å². The zero-order valence-electron chi connectivity index (χ0n) is 19.2. The van der Waals surface area contributed by atoms with Gasteiger partial charge in [-0.25, -0.2) is 0 Å². The Morgan fingerprint density at radius 3 is 1.87 bits per heavy atom. The van der Waals surface area contributed by atoms with Crippen molar-refractivity contribution < 1.29 is 0 Å². The van der Waals surface area contributed by atoms with E-state index >= 15 is 0 Å². The Labute approximate surface area is 188 Å². The molecule has 0 radical (unpaired) electrons. The van der Waals surface area contributed by atoms with Gasteiger partial charge in [0.15, 0.2) is 0 Å². The van der Waals surface area contributed by atoms with Gasteiger partial charge in [-0.3, -0.25) is 0 Å². The van der Waals surface area contributed by atoms with Crippen molar-refractivity contribution >= 4 is 0 Å². The molecule has 0 saturated heterocycles. The molecule has 1 aliphatic carbocycles. The average molecular weight is 407 g/mol. The molecule has 31 heavy (non-hydrogen) atoms. The molecule has 1 aliphatic rings. The molecule has 0 heterocycles. The molecule has 4 rings (SSSR count). The third-order valence-corrected chi connectivity index (χ3v) is 6.80. The molecule has 0 spiro atoms. The van der Waals surface area contributed by atoms with E-state index < -0.39 is 0 Å². The third kappa shape index (κ3) is 4.04. The van der Waals surface area contributed by atoms with Crippen LogP contribution in [0.5, 0.6) is 0 Å². The maximum atomic E-state index is 3.77. The van der Waals surface area contributed by atoms with E-state index in [1.807, 2.05) is 6.08 Å². The molecule has 3 aromatic rings. The molecule has 0 nitrogen and oxygen atoms in total. The quantitative estimate of drug-likeness (QED) is 0.259. The first kappa shape index (κ1) is 21.4. The molecule has 0 unspecified atom stereocenters. The summed E-state index contributed by atoms with van der Waals surface area (Å²) in [4.78, 5) is 0. The van der Waals surface area contributed by atoms with Gasteiger partial charge in [0.1, 0.15) is 0 Å². The van der Waals surface area contributed by atoms with Gasteiger partial charge in [-0.1, -0.05) is 115 Å². The van der Waals surface area contributed by atoms with Crippen LogP contribution in [-0.2, 0) is 5.41 Å². The Morgan fingerprint density at radius 1 is 0.710 bits per heavy atom. The predicted octanol–water partition coefficient (Wildman–Crippen LogP) is 8.62. The van der Waals surface area contributed by atoms with Crippen LogP contribution in [0.25, 0.3) is 11.1 Å². The molecule has 0 aliphatic heterocycles. The smallest absolute Gasteiger partial charge is 0.0463 e. The summed E-state index contributed by atoms with van der Waals surface area (Å²) in [6.45, 7) is 10.4. The largest absolute Gasteiger partial charge is 0.0991 e. The summed E-state index contributed by atoms with van der Waals surface area (Å²) >= 11 is 0. The van der Waals surface area contributed by atoms with Crippen LogP contribution in [0.15, 0.2) is 85.5 Å². The molecular weight excluding hydrogens is 372 g/mol. The second kappa shape index (κ2) is 9.10. The third-order valence-electron chi connectivity index (χ3n) is 6.80. The van der Waals surface area contributed by atoms with Crippen molar-refractivity contribution in [3.63, 3.8) is 0 Å². The molecule has 0 bridgehead atoms. The lowest BCUT2D eigenvalue weighted by Gasteiger charge is -2.34. The van der Waals surface area contributed by atoms with Crippen LogP contribution in [-0.4, -0.2) is 0 Å². The van der Waals surface area contributed by atoms with E-state index in [4.69, 9.17) is 0 Å². The Bertz CT molecular complexity index is 1040. The van der Waals surface area contributed by atoms with Crippen molar-refractivity contribution in [2.75, 3.05) is 0 Å². The van der Waals surface area contributed by atoms with Gasteiger partial charge in [-0.2, -0.15) is 0 Å². The van der Waals surface area contributed by atoms with Crippen LogP contribution in [0.1, 0.15) is 65.5 Å². The van der Waals surface area contributed by atoms with Gasteiger partial charge in [0, 0.05) is 5.41 Å². The minimum absolute atomic E-state index is 0.0621. The number of unbranched alkanes of at least 4 members (excludes halogenated alkanes) is 3. The van der Waals surface area contributed by atoms with Crippen molar-refractivity contribution in [1.29, 1.82) is 0 Å². The second-order valence-corrected chi connectivity index (χ2v) is 9.13. The number of aryl methyl sites for hydroxylation is 3. The van der Waals surface area contributed by atoms with Crippen molar-refractivity contribution in [2.45, 2.75) is 58.3 Å². The van der Waals surface area contributed by atoms with Gasteiger partial charge in [0.05, 0.1) is 0 Å². The van der Waals surface area contributed by atoms with E-state index in [1.54, 1.807) is 0 Å². The first-order valence-corrected chi connectivity index (χ1v) is 11.6. The summed E-state index contributed by atoms with van der Waals surface area (Å²) in [5.74, 6) is 0. The Balaban J connectivity index is 1.79. The highest BCUT2D eigenvalue weighted by atomic mass is 14.5. The topological polar surface area (TPSA) is 0 Å². The normalized spacial score (nSPS) is 13.9. The number of benzene rings is 3. The van der Waals surface area contributed by atoms with Crippen LogP contribution in [0, 0.1) is 20.8 Å². The van der Waals surface area contributed by atoms with Crippen molar-refractivity contribution in [2.24, 2.45) is 0 Å². The molecule has 0 fully saturated rings. The number of hydrogen-bond donors (Lipinski definition) is 0. The van der Waals surface area contributed by atoms with E-state index in [0.717, 1.165) is 12.8 Å². The summed E-state index contributed by atoms with van der Waals surface area (Å²) in [6.07, 6.45) is 12.1. The lowest BCUT2D eigenvalue weighted by Crippen LogP contribution is -2.27. The van der Waals surface area contributed by atoms with Gasteiger partial charge >= 0.3 is 0 Å². The molecule has 3 aromatic carbocycles. The molecule has 0 amide bonds. The monoisotopic (exact) mass is 406 g/mol. The summed E-state index contributed by atoms with van der Waals surface area (Å²) in [5.41, 5.74) is 11.2. The highest BCUT2D eigenvalue weighted by Crippen LogP contribution is 2.55. The zero-order valence-corrected chi connectivity index (χ0v) is 19.2. The number of fused-ring (bicyclic) bond motifs is 3. The van der Waals surface area contributed by atoms with Gasteiger partial charge in [-0.15, -0.1) is 0 Å². The van der Waals surface area contributed by atoms with Gasteiger partial charge in [0.2, 0.25) is 0 Å². The highest BCUT2D eigenvalue weighted by Gasteiger charge is 2.44. The van der Waals surface area contributed by atoms with Crippen molar-refractivity contribution in [3.8, 4) is 11.1 Å². The number of rotatable bonds is 8. The first-order valence-electron chi connectivity index (χ1n) is 11.6. The summed E-state index contributed by atoms with van der Waals surface area (Å²) in [5, 5.41) is 0. The van der Waals surface area contributed by atoms with Crippen LogP contribution in [0.3, 0.4) is 0 Å². The highest BCUT2D eigenvalue weighted by molar-refractivity contribution is 5.84. The summed E-state index contributed by atoms with van der Waals surface area (Å²) < 4.78 is 0. The fourth-order valence-electron chi connectivity index (χ4n) is 5.22. The molecule has 0 atom stereocenters. The number of hydrogen-bond acceptors (Lipinski definition) is 0. The van der Waals surface area contributed by atoms with Crippen LogP contribution in [0.2, 0.25) is 0 Å². The predicted molar refractivity (Wildman–Crippen MR) is 135 cm³/mol. The lowest BCUT2D eigenvalue weighted by molar-refractivity contribution is 0.519. The molecule has 0 saturated carbocycles. The van der Waals surface area contributed by atoms with Crippen LogP contribution >= 0.6 is 0 Å². The van der Waals surface area contributed by atoms with Crippen LogP contribution in [0.4, 0.5) is 0 Å². The standard InChI is InChI=1S/C31H34/c1-5-6-7-8-9-10-11-20-31(26-16-12-23(2)13-17-26)29-21-24(3)14-18-27(29)28-19-15-25(4)22-30(28)31/h5-7,12-19,21-22H,1,8-11,20H2,2-4H3/b7-6-. The minimum atomic E-state index is -0.0621. The lowest BCUT2D eigenvalue weighted by atomic mass is 9.68. The molecule has 0 N–H and O–H groups in total. The van der Waals surface area contributed by atoms with E-state index in [9.17, 15) is 0 Å². The van der Waals surface area contributed by atoms with Crippen molar-refractivity contribution in [3.05, 3.63) is 119 Å².